The summed E-state index contributed by atoms with van der Waals surface area (Å²) in [5.41, 5.74) is 0. The molecule has 0 aromatic rings. The van der Waals surface area contributed by atoms with Crippen LogP contribution in [0.15, 0.2) is 0 Å². The van der Waals surface area contributed by atoms with Gasteiger partial charge in [0, 0.05) is 19.0 Å². The van der Waals surface area contributed by atoms with E-state index in [1.807, 2.05) is 0 Å². The fourth-order valence-electron chi connectivity index (χ4n) is 1.72. The van der Waals surface area contributed by atoms with Crippen LogP contribution in [0.25, 0.3) is 0 Å². The normalized spacial score (nSPS) is 17.0. The van der Waals surface area contributed by atoms with Crippen LogP contribution in [0.5, 0.6) is 0 Å². The number of aliphatic hydroxyl groups is 1. The second-order valence-corrected chi connectivity index (χ2v) is 3.61. The number of nitriles is 1. The van der Waals surface area contributed by atoms with Crippen molar-refractivity contribution in [2.24, 2.45) is 0 Å². The minimum atomic E-state index is 0.239. The Balaban J connectivity index is 2.17. The minimum absolute atomic E-state index is 0.239. The summed E-state index contributed by atoms with van der Waals surface area (Å²) in [5, 5.41) is 17.3. The van der Waals surface area contributed by atoms with Gasteiger partial charge in [0.1, 0.15) is 0 Å². The first-order chi connectivity index (χ1) is 6.38. The first kappa shape index (κ1) is 10.5. The lowest BCUT2D eigenvalue weighted by Crippen LogP contribution is -2.42. The van der Waals surface area contributed by atoms with E-state index in [1.54, 1.807) is 0 Å². The molecule has 1 N–H and O–H groups in total. The van der Waals surface area contributed by atoms with Crippen LogP contribution in [0.4, 0.5) is 0 Å². The van der Waals surface area contributed by atoms with Crippen molar-refractivity contribution in [1.82, 2.24) is 4.90 Å². The lowest BCUT2D eigenvalue weighted by atomic mass is 9.91. The van der Waals surface area contributed by atoms with Gasteiger partial charge in [0.05, 0.1) is 12.7 Å². The van der Waals surface area contributed by atoms with Crippen molar-refractivity contribution in [3.63, 3.8) is 0 Å². The lowest BCUT2D eigenvalue weighted by Gasteiger charge is -2.37. The fourth-order valence-corrected chi connectivity index (χ4v) is 1.72. The second kappa shape index (κ2) is 5.95. The molecule has 0 aromatic carbocycles. The van der Waals surface area contributed by atoms with E-state index in [4.69, 9.17) is 10.4 Å². The third-order valence-electron chi connectivity index (χ3n) is 2.71. The van der Waals surface area contributed by atoms with Crippen LogP contribution in [-0.2, 0) is 0 Å². The van der Waals surface area contributed by atoms with E-state index in [0.29, 0.717) is 12.5 Å². The van der Waals surface area contributed by atoms with Gasteiger partial charge in [0.15, 0.2) is 0 Å². The highest BCUT2D eigenvalue weighted by Crippen LogP contribution is 2.24. The maximum atomic E-state index is 8.86. The summed E-state index contributed by atoms with van der Waals surface area (Å²) >= 11 is 0. The molecular weight excluding hydrogens is 164 g/mol. The van der Waals surface area contributed by atoms with E-state index in [-0.39, 0.29) is 6.61 Å². The van der Waals surface area contributed by atoms with Gasteiger partial charge in [-0.15, -0.1) is 0 Å². The molecule has 0 radical (unpaired) electrons. The first-order valence-electron chi connectivity index (χ1n) is 5.10. The zero-order chi connectivity index (χ0) is 9.52. The van der Waals surface area contributed by atoms with Crippen molar-refractivity contribution < 1.29 is 5.11 Å². The second-order valence-electron chi connectivity index (χ2n) is 3.61. The molecule has 0 bridgehead atoms. The van der Waals surface area contributed by atoms with Gasteiger partial charge in [-0.25, -0.2) is 0 Å². The Labute approximate surface area is 80.0 Å². The molecule has 74 valence electrons. The number of unbranched alkanes of at least 4 members (excludes halogenated alkanes) is 1. The zero-order valence-electron chi connectivity index (χ0n) is 8.08. The summed E-state index contributed by atoms with van der Waals surface area (Å²) in [7, 11) is 0. The average molecular weight is 182 g/mol. The molecule has 0 amide bonds. The standard InChI is InChI=1S/C10H18N2O/c11-6-1-2-7-12(8-9-13)10-4-3-5-10/h10,13H,1-5,7-9H2. The van der Waals surface area contributed by atoms with E-state index >= 15 is 0 Å². The van der Waals surface area contributed by atoms with Crippen LogP contribution in [0.3, 0.4) is 0 Å². The highest BCUT2D eigenvalue weighted by atomic mass is 16.3. The summed E-state index contributed by atoms with van der Waals surface area (Å²) in [4.78, 5) is 2.32. The van der Waals surface area contributed by atoms with Crippen molar-refractivity contribution in [3.05, 3.63) is 0 Å². The lowest BCUT2D eigenvalue weighted by molar-refractivity contribution is 0.101. The van der Waals surface area contributed by atoms with Gasteiger partial charge >= 0.3 is 0 Å². The largest absolute Gasteiger partial charge is 0.395 e. The number of hydrogen-bond acceptors (Lipinski definition) is 3. The molecule has 3 nitrogen and oxygen atoms in total. The molecule has 3 heteroatoms. The average Bonchev–Trinajstić information content (AvgIpc) is 2.02. The minimum Gasteiger partial charge on any atom is -0.395 e. The highest BCUT2D eigenvalue weighted by Gasteiger charge is 2.23. The third-order valence-corrected chi connectivity index (χ3v) is 2.71. The van der Waals surface area contributed by atoms with E-state index in [0.717, 1.165) is 19.5 Å². The highest BCUT2D eigenvalue weighted by molar-refractivity contribution is 4.80. The Morgan fingerprint density at radius 3 is 2.62 bits per heavy atom. The molecule has 1 rings (SSSR count). The number of nitrogens with zero attached hydrogens (tertiary/aromatic N) is 2. The Kier molecular flexibility index (Phi) is 4.81. The zero-order valence-corrected chi connectivity index (χ0v) is 8.08. The molecule has 0 spiro atoms. The van der Waals surface area contributed by atoms with Crippen LogP contribution < -0.4 is 0 Å². The predicted molar refractivity (Wildman–Crippen MR) is 51.1 cm³/mol. The predicted octanol–water partition coefficient (Wildman–Crippen LogP) is 1.14. The Morgan fingerprint density at radius 1 is 1.38 bits per heavy atom. The molecule has 1 aliphatic carbocycles. The van der Waals surface area contributed by atoms with Gasteiger partial charge in [-0.3, -0.25) is 4.90 Å². The van der Waals surface area contributed by atoms with Gasteiger partial charge < -0.3 is 5.11 Å². The number of hydrogen-bond donors (Lipinski definition) is 1. The van der Waals surface area contributed by atoms with Gasteiger partial charge in [-0.1, -0.05) is 6.42 Å². The van der Waals surface area contributed by atoms with Crippen molar-refractivity contribution in [3.8, 4) is 6.07 Å². The molecular formula is C10H18N2O. The quantitative estimate of drug-likeness (QED) is 0.626. The van der Waals surface area contributed by atoms with Crippen LogP contribution in [0.1, 0.15) is 32.1 Å². The fraction of sp³-hybridized carbons (Fsp3) is 0.900. The van der Waals surface area contributed by atoms with Gasteiger partial charge in [-0.05, 0) is 25.8 Å². The Hall–Kier alpha value is -0.590. The molecule has 0 aliphatic heterocycles. The van der Waals surface area contributed by atoms with Crippen LogP contribution >= 0.6 is 0 Å². The Morgan fingerprint density at radius 2 is 2.15 bits per heavy atom. The molecule has 1 saturated carbocycles. The molecule has 13 heavy (non-hydrogen) atoms. The molecule has 1 fully saturated rings. The first-order valence-corrected chi connectivity index (χ1v) is 5.10. The molecule has 1 aliphatic rings. The van der Waals surface area contributed by atoms with Crippen molar-refractivity contribution >= 4 is 0 Å². The van der Waals surface area contributed by atoms with Gasteiger partial charge in [0.2, 0.25) is 0 Å². The van der Waals surface area contributed by atoms with Gasteiger partial charge in [0.25, 0.3) is 0 Å². The molecule has 0 heterocycles. The topological polar surface area (TPSA) is 47.3 Å². The monoisotopic (exact) mass is 182 g/mol. The molecule has 0 unspecified atom stereocenters. The van der Waals surface area contributed by atoms with Crippen LogP contribution in [-0.4, -0.2) is 35.7 Å². The smallest absolute Gasteiger partial charge is 0.0622 e. The summed E-state index contributed by atoms with van der Waals surface area (Å²) < 4.78 is 0. The van der Waals surface area contributed by atoms with Crippen molar-refractivity contribution in [1.29, 1.82) is 5.26 Å². The van der Waals surface area contributed by atoms with E-state index in [1.165, 1.54) is 19.3 Å². The molecule has 0 aromatic heterocycles. The van der Waals surface area contributed by atoms with Crippen LogP contribution in [0, 0.1) is 11.3 Å². The van der Waals surface area contributed by atoms with Crippen molar-refractivity contribution in [2.75, 3.05) is 19.7 Å². The summed E-state index contributed by atoms with van der Waals surface area (Å²) in [6.07, 6.45) is 5.44. The number of rotatable bonds is 6. The van der Waals surface area contributed by atoms with E-state index in [9.17, 15) is 0 Å². The Bertz CT molecular complexity index is 172. The SMILES string of the molecule is N#CCCCN(CCO)C1CCC1. The summed E-state index contributed by atoms with van der Waals surface area (Å²) in [5.74, 6) is 0. The van der Waals surface area contributed by atoms with E-state index < -0.39 is 0 Å². The maximum Gasteiger partial charge on any atom is 0.0622 e. The number of aliphatic hydroxyl groups excluding tert-OH is 1. The molecule has 0 saturated heterocycles. The summed E-state index contributed by atoms with van der Waals surface area (Å²) in [6, 6.07) is 2.84. The van der Waals surface area contributed by atoms with Crippen LogP contribution in [0.2, 0.25) is 0 Å². The van der Waals surface area contributed by atoms with Crippen molar-refractivity contribution in [2.45, 2.75) is 38.1 Å². The van der Waals surface area contributed by atoms with E-state index in [2.05, 4.69) is 11.0 Å². The summed E-state index contributed by atoms with van der Waals surface area (Å²) in [6.45, 7) is 1.98. The maximum absolute atomic E-state index is 8.86. The molecule has 0 atom stereocenters. The van der Waals surface area contributed by atoms with Gasteiger partial charge in [-0.2, -0.15) is 5.26 Å². The third kappa shape index (κ3) is 3.33.